The van der Waals surface area contributed by atoms with Crippen molar-refractivity contribution in [3.05, 3.63) is 23.0 Å². The van der Waals surface area contributed by atoms with E-state index >= 15 is 0 Å². The summed E-state index contributed by atoms with van der Waals surface area (Å²) in [6, 6.07) is 0. The largest absolute Gasteiger partial charge is 0.543 e. The summed E-state index contributed by atoms with van der Waals surface area (Å²) >= 11 is 0. The first kappa shape index (κ1) is 21.6. The Balaban J connectivity index is 3.23. The number of rotatable bonds is 8. The fraction of sp³-hybridized carbons (Fsp3) is 0.706. The number of aromatic nitrogens is 1. The Morgan fingerprint density at radius 2 is 1.54 bits per heavy atom. The van der Waals surface area contributed by atoms with Crippen LogP contribution in [0.5, 0.6) is 5.75 Å². The summed E-state index contributed by atoms with van der Waals surface area (Å²) in [5.41, 5.74) is 3.36. The van der Waals surface area contributed by atoms with E-state index in [4.69, 9.17) is 8.85 Å². The van der Waals surface area contributed by atoms with Gasteiger partial charge in [-0.25, -0.2) is 0 Å². The van der Waals surface area contributed by atoms with E-state index in [1.807, 2.05) is 13.1 Å². The summed E-state index contributed by atoms with van der Waals surface area (Å²) in [5, 5.41) is 0. The van der Waals surface area contributed by atoms with Crippen molar-refractivity contribution in [1.29, 1.82) is 0 Å². The number of hydrogen-bond acceptors (Lipinski definition) is 4. The van der Waals surface area contributed by atoms with E-state index in [9.17, 15) is 0 Å². The van der Waals surface area contributed by atoms with E-state index in [1.165, 1.54) is 5.56 Å². The molecule has 0 fully saturated rings. The second-order valence-electron chi connectivity index (χ2n) is 9.40. The third-order valence-corrected chi connectivity index (χ3v) is 6.33. The first-order valence-electron chi connectivity index (χ1n) is 8.73. The maximum Gasteiger partial charge on any atom is 0.242 e. The minimum atomic E-state index is -1.71. The smallest absolute Gasteiger partial charge is 0.242 e. The maximum atomic E-state index is 6.41. The van der Waals surface area contributed by atoms with E-state index in [2.05, 4.69) is 68.9 Å². The van der Waals surface area contributed by atoms with Gasteiger partial charge in [-0.15, -0.1) is 0 Å². The van der Waals surface area contributed by atoms with Gasteiger partial charge in [0.2, 0.25) is 8.32 Å². The Bertz CT molecular complexity index is 559. The van der Waals surface area contributed by atoms with E-state index in [1.54, 1.807) is 0 Å². The molecule has 0 bridgehead atoms. The average Bonchev–Trinajstić information content (AvgIpc) is 2.34. The van der Waals surface area contributed by atoms with Gasteiger partial charge in [0.05, 0.1) is 12.3 Å². The van der Waals surface area contributed by atoms with Crippen LogP contribution in [0, 0.1) is 6.92 Å². The number of hydrogen-bond donors (Lipinski definition) is 1. The van der Waals surface area contributed by atoms with Crippen molar-refractivity contribution in [3.8, 4) is 5.75 Å². The summed E-state index contributed by atoms with van der Waals surface area (Å²) in [6.07, 6.45) is 1.97. The molecular weight excluding hydrogens is 348 g/mol. The Morgan fingerprint density at radius 1 is 0.958 bits per heavy atom. The quantitative estimate of drug-likeness (QED) is 0.649. The van der Waals surface area contributed by atoms with Crippen LogP contribution >= 0.6 is 0 Å². The van der Waals surface area contributed by atoms with Crippen LogP contribution in [0.2, 0.25) is 58.9 Å². The van der Waals surface area contributed by atoms with Crippen molar-refractivity contribution < 1.29 is 8.85 Å². The molecule has 0 aliphatic heterocycles. The maximum absolute atomic E-state index is 6.41. The zero-order chi connectivity index (χ0) is 18.8. The van der Waals surface area contributed by atoms with Crippen LogP contribution in [-0.2, 0) is 17.6 Å². The molecule has 4 nitrogen and oxygen atoms in total. The topological polar surface area (TPSA) is 43.4 Å². The number of nitrogens with zero attached hydrogens (tertiary/aromatic N) is 1. The lowest BCUT2D eigenvalue weighted by Gasteiger charge is -2.27. The zero-order valence-electron chi connectivity index (χ0n) is 17.3. The SMILES string of the molecule is Cc1ncc(CO[Si](C)(C)C)c(CN[Si](C)(C)C)c1O[Si](C)(C)C. The molecule has 1 rings (SSSR count). The molecule has 0 saturated carbocycles. The summed E-state index contributed by atoms with van der Waals surface area (Å²) in [6.45, 7) is 23.7. The van der Waals surface area contributed by atoms with Crippen LogP contribution in [0.3, 0.4) is 0 Å². The molecule has 0 spiro atoms. The summed E-state index contributed by atoms with van der Waals surface area (Å²) < 4.78 is 12.6. The van der Waals surface area contributed by atoms with Gasteiger partial charge < -0.3 is 13.8 Å². The number of pyridine rings is 1. The lowest BCUT2D eigenvalue weighted by Crippen LogP contribution is -2.41. The van der Waals surface area contributed by atoms with Crippen molar-refractivity contribution >= 4 is 24.9 Å². The van der Waals surface area contributed by atoms with Crippen LogP contribution in [0.15, 0.2) is 6.20 Å². The molecule has 0 unspecified atom stereocenters. The van der Waals surface area contributed by atoms with Crippen molar-refractivity contribution in [3.63, 3.8) is 0 Å². The second-order valence-corrected chi connectivity index (χ2v) is 23.2. The zero-order valence-corrected chi connectivity index (χ0v) is 20.3. The number of nitrogens with one attached hydrogen (secondary N) is 1. The molecule has 0 aromatic carbocycles. The van der Waals surface area contributed by atoms with Crippen LogP contribution < -0.4 is 9.41 Å². The van der Waals surface area contributed by atoms with Gasteiger partial charge >= 0.3 is 0 Å². The van der Waals surface area contributed by atoms with Crippen molar-refractivity contribution in [2.75, 3.05) is 0 Å². The fourth-order valence-electron chi connectivity index (χ4n) is 2.08. The third kappa shape index (κ3) is 8.07. The molecule has 7 heteroatoms. The molecular formula is C17H36N2O2Si3. The van der Waals surface area contributed by atoms with Crippen molar-refractivity contribution in [1.82, 2.24) is 9.97 Å². The third-order valence-electron chi connectivity index (χ3n) is 3.27. The normalized spacial score (nSPS) is 13.2. The number of aryl methyl sites for hydroxylation is 1. The lowest BCUT2D eigenvalue weighted by atomic mass is 10.1. The van der Waals surface area contributed by atoms with Gasteiger partial charge in [-0.1, -0.05) is 19.6 Å². The molecule has 0 saturated heterocycles. The van der Waals surface area contributed by atoms with Crippen LogP contribution in [0.4, 0.5) is 0 Å². The predicted octanol–water partition coefficient (Wildman–Crippen LogP) is 4.88. The van der Waals surface area contributed by atoms with Crippen LogP contribution in [0.1, 0.15) is 16.8 Å². The van der Waals surface area contributed by atoms with Gasteiger partial charge in [0.15, 0.2) is 8.32 Å². The van der Waals surface area contributed by atoms with Gasteiger partial charge in [0.25, 0.3) is 0 Å². The predicted molar refractivity (Wildman–Crippen MR) is 111 cm³/mol. The Kier molecular flexibility index (Phi) is 7.03. The molecule has 0 atom stereocenters. The van der Waals surface area contributed by atoms with Crippen LogP contribution in [0.25, 0.3) is 0 Å². The van der Waals surface area contributed by atoms with Crippen molar-refractivity contribution in [2.45, 2.75) is 79.0 Å². The van der Waals surface area contributed by atoms with Crippen molar-refractivity contribution in [2.24, 2.45) is 0 Å². The lowest BCUT2D eigenvalue weighted by molar-refractivity contribution is 0.297. The second kappa shape index (κ2) is 7.82. The molecule has 138 valence electrons. The molecule has 24 heavy (non-hydrogen) atoms. The molecule has 0 radical (unpaired) electrons. The standard InChI is InChI=1S/C17H36N2O2Si3/c1-14-17(21-24(8,9)10)16(12-19-22(2,3)4)15(11-18-14)13-20-23(5,6)7/h11,19H,12-13H2,1-10H3. The van der Waals surface area contributed by atoms with E-state index in [0.717, 1.165) is 23.6 Å². The van der Waals surface area contributed by atoms with E-state index in [0.29, 0.717) is 6.61 Å². The van der Waals surface area contributed by atoms with Gasteiger partial charge in [-0.3, -0.25) is 4.98 Å². The first-order chi connectivity index (χ1) is 10.7. The highest BCUT2D eigenvalue weighted by Gasteiger charge is 2.24. The average molecular weight is 385 g/mol. The Hall–Kier alpha value is -0.479. The summed E-state index contributed by atoms with van der Waals surface area (Å²) in [4.78, 5) is 8.32. The van der Waals surface area contributed by atoms with E-state index < -0.39 is 24.9 Å². The molecule has 0 aliphatic carbocycles. The molecule has 1 aromatic rings. The highest BCUT2D eigenvalue weighted by atomic mass is 28.4. The van der Waals surface area contributed by atoms with Gasteiger partial charge in [0, 0.05) is 23.9 Å². The Labute approximate surface area is 151 Å². The highest BCUT2D eigenvalue weighted by molar-refractivity contribution is 6.73. The van der Waals surface area contributed by atoms with Gasteiger partial charge in [0.1, 0.15) is 14.0 Å². The first-order valence-corrected chi connectivity index (χ1v) is 19.0. The molecule has 1 heterocycles. The molecule has 0 aliphatic rings. The fourth-order valence-corrected chi connectivity index (χ4v) is 4.26. The minimum absolute atomic E-state index is 0.619. The summed E-state index contributed by atoms with van der Waals surface area (Å²) in [7, 11) is -4.65. The molecule has 1 N–H and O–H groups in total. The molecule has 0 amide bonds. The van der Waals surface area contributed by atoms with Crippen LogP contribution in [-0.4, -0.2) is 29.9 Å². The monoisotopic (exact) mass is 384 g/mol. The highest BCUT2D eigenvalue weighted by Crippen LogP contribution is 2.29. The van der Waals surface area contributed by atoms with E-state index in [-0.39, 0.29) is 0 Å². The minimum Gasteiger partial charge on any atom is -0.543 e. The van der Waals surface area contributed by atoms with Gasteiger partial charge in [-0.05, 0) is 46.2 Å². The molecule has 1 aromatic heterocycles. The summed E-state index contributed by atoms with van der Waals surface area (Å²) in [5.74, 6) is 0.969. The van der Waals surface area contributed by atoms with Gasteiger partial charge in [-0.2, -0.15) is 0 Å². The Morgan fingerprint density at radius 3 is 2.00 bits per heavy atom.